The number of pyridine rings is 2. The SMILES string of the molecule is NCc1ccccc1Nc1nc(-c2cccnc2)nc2ccc(OCc3cccnc3)cc12. The molecule has 0 spiro atoms. The van der Waals surface area contributed by atoms with Gasteiger partial charge in [0.15, 0.2) is 5.82 Å². The smallest absolute Gasteiger partial charge is 0.163 e. The normalized spacial score (nSPS) is 10.8. The molecule has 0 aliphatic carbocycles. The van der Waals surface area contributed by atoms with E-state index in [1.165, 1.54) is 0 Å². The Morgan fingerprint density at radius 1 is 0.848 bits per heavy atom. The van der Waals surface area contributed by atoms with Crippen molar-refractivity contribution >= 4 is 22.4 Å². The first-order valence-electron chi connectivity index (χ1n) is 10.6. The number of anilines is 2. The van der Waals surface area contributed by atoms with E-state index >= 15 is 0 Å². The number of hydrogen-bond acceptors (Lipinski definition) is 7. The molecular weight excluding hydrogens is 412 g/mol. The molecule has 0 fully saturated rings. The molecule has 5 aromatic rings. The van der Waals surface area contributed by atoms with E-state index in [4.69, 9.17) is 20.4 Å². The number of nitrogens with zero attached hydrogens (tertiary/aromatic N) is 4. The van der Waals surface area contributed by atoms with Crippen molar-refractivity contribution in [3.63, 3.8) is 0 Å². The molecule has 0 radical (unpaired) electrons. The number of nitrogens with two attached hydrogens (primary N) is 1. The molecule has 5 rings (SSSR count). The number of hydrogen-bond donors (Lipinski definition) is 2. The highest BCUT2D eigenvalue weighted by molar-refractivity contribution is 5.93. The van der Waals surface area contributed by atoms with Gasteiger partial charge in [0, 0.05) is 53.5 Å². The molecule has 7 nitrogen and oxygen atoms in total. The van der Waals surface area contributed by atoms with Crippen LogP contribution in [0.4, 0.5) is 11.5 Å². The van der Waals surface area contributed by atoms with Crippen molar-refractivity contribution in [2.75, 3.05) is 5.32 Å². The molecule has 3 heterocycles. The minimum absolute atomic E-state index is 0.418. The lowest BCUT2D eigenvalue weighted by Gasteiger charge is -2.14. The van der Waals surface area contributed by atoms with Gasteiger partial charge in [-0.25, -0.2) is 9.97 Å². The summed E-state index contributed by atoms with van der Waals surface area (Å²) in [5, 5.41) is 4.31. The van der Waals surface area contributed by atoms with Crippen LogP contribution in [0.3, 0.4) is 0 Å². The monoisotopic (exact) mass is 434 g/mol. The predicted molar refractivity (Wildman–Crippen MR) is 129 cm³/mol. The summed E-state index contributed by atoms with van der Waals surface area (Å²) in [7, 11) is 0. The van der Waals surface area contributed by atoms with Gasteiger partial charge < -0.3 is 15.8 Å². The van der Waals surface area contributed by atoms with Crippen molar-refractivity contribution in [2.45, 2.75) is 13.2 Å². The molecule has 0 bridgehead atoms. The molecule has 162 valence electrons. The second kappa shape index (κ2) is 9.42. The van der Waals surface area contributed by atoms with Crippen LogP contribution in [-0.4, -0.2) is 19.9 Å². The fourth-order valence-electron chi connectivity index (χ4n) is 3.51. The second-order valence-corrected chi connectivity index (χ2v) is 7.45. The molecule has 0 aliphatic rings. The summed E-state index contributed by atoms with van der Waals surface area (Å²) in [5.41, 5.74) is 10.5. The van der Waals surface area contributed by atoms with Crippen LogP contribution < -0.4 is 15.8 Å². The molecular formula is C26H22N6O. The van der Waals surface area contributed by atoms with E-state index in [1.54, 1.807) is 24.8 Å². The largest absolute Gasteiger partial charge is 0.489 e. The quantitative estimate of drug-likeness (QED) is 0.377. The number of nitrogens with one attached hydrogen (secondary N) is 1. The summed E-state index contributed by atoms with van der Waals surface area (Å²) >= 11 is 0. The highest BCUT2D eigenvalue weighted by atomic mass is 16.5. The van der Waals surface area contributed by atoms with Gasteiger partial charge in [0.25, 0.3) is 0 Å². The number of aromatic nitrogens is 4. The first-order valence-corrected chi connectivity index (χ1v) is 10.6. The summed E-state index contributed by atoms with van der Waals surface area (Å²) in [4.78, 5) is 17.9. The first-order chi connectivity index (χ1) is 16.3. The van der Waals surface area contributed by atoms with Gasteiger partial charge in [-0.05, 0) is 48.0 Å². The summed E-state index contributed by atoms with van der Waals surface area (Å²) in [6.45, 7) is 0.841. The first kappa shape index (κ1) is 20.5. The molecule has 0 saturated heterocycles. The van der Waals surface area contributed by atoms with Gasteiger partial charge in [0.05, 0.1) is 5.52 Å². The molecule has 7 heteroatoms. The molecule has 3 aromatic heterocycles. The lowest BCUT2D eigenvalue weighted by Crippen LogP contribution is -2.04. The van der Waals surface area contributed by atoms with E-state index in [2.05, 4.69) is 15.3 Å². The topological polar surface area (TPSA) is 98.8 Å². The van der Waals surface area contributed by atoms with E-state index in [0.717, 1.165) is 39.0 Å². The Bertz CT molecular complexity index is 1380. The Kier molecular flexibility index (Phi) is 5.86. The average Bonchev–Trinajstić information content (AvgIpc) is 2.89. The lowest BCUT2D eigenvalue weighted by atomic mass is 10.1. The van der Waals surface area contributed by atoms with Crippen LogP contribution in [-0.2, 0) is 13.2 Å². The van der Waals surface area contributed by atoms with Gasteiger partial charge in [-0.15, -0.1) is 0 Å². The van der Waals surface area contributed by atoms with E-state index in [0.29, 0.717) is 24.8 Å². The van der Waals surface area contributed by atoms with Gasteiger partial charge in [-0.2, -0.15) is 0 Å². The summed E-state index contributed by atoms with van der Waals surface area (Å²) in [5.74, 6) is 1.98. The maximum absolute atomic E-state index is 6.01. The third-order valence-electron chi connectivity index (χ3n) is 5.21. The van der Waals surface area contributed by atoms with Gasteiger partial charge in [0.1, 0.15) is 18.2 Å². The Labute approximate surface area is 191 Å². The van der Waals surface area contributed by atoms with Crippen LogP contribution in [0.15, 0.2) is 91.5 Å². The lowest BCUT2D eigenvalue weighted by molar-refractivity contribution is 0.306. The zero-order valence-corrected chi connectivity index (χ0v) is 17.8. The van der Waals surface area contributed by atoms with E-state index in [9.17, 15) is 0 Å². The summed E-state index contributed by atoms with van der Waals surface area (Å²) in [6, 6.07) is 21.4. The minimum Gasteiger partial charge on any atom is -0.489 e. The standard InChI is InChI=1S/C26H22N6O/c27-14-19-6-1-2-8-23(19)30-26-22-13-21(33-17-18-5-3-11-28-15-18)9-10-24(22)31-25(32-26)20-7-4-12-29-16-20/h1-13,15-16H,14,17,27H2,(H,30,31,32). The predicted octanol–water partition coefficient (Wildman–Crippen LogP) is 4.87. The van der Waals surface area contributed by atoms with Gasteiger partial charge in [-0.1, -0.05) is 24.3 Å². The highest BCUT2D eigenvalue weighted by Gasteiger charge is 2.13. The fraction of sp³-hybridized carbons (Fsp3) is 0.0769. The maximum atomic E-state index is 6.01. The Morgan fingerprint density at radius 3 is 2.48 bits per heavy atom. The third kappa shape index (κ3) is 4.63. The number of para-hydroxylation sites is 1. The molecule has 33 heavy (non-hydrogen) atoms. The van der Waals surface area contributed by atoms with Crippen LogP contribution in [0.1, 0.15) is 11.1 Å². The van der Waals surface area contributed by atoms with Crippen LogP contribution in [0.25, 0.3) is 22.3 Å². The van der Waals surface area contributed by atoms with E-state index < -0.39 is 0 Å². The molecule has 3 N–H and O–H groups in total. The van der Waals surface area contributed by atoms with E-state index in [1.807, 2.05) is 66.7 Å². The van der Waals surface area contributed by atoms with Crippen molar-refractivity contribution in [2.24, 2.45) is 5.73 Å². The summed E-state index contributed by atoms with van der Waals surface area (Å²) < 4.78 is 6.01. The highest BCUT2D eigenvalue weighted by Crippen LogP contribution is 2.31. The number of ether oxygens (including phenoxy) is 1. The molecule has 2 aromatic carbocycles. The van der Waals surface area contributed by atoms with Crippen molar-refractivity contribution < 1.29 is 4.74 Å². The van der Waals surface area contributed by atoms with Gasteiger partial charge in [0.2, 0.25) is 0 Å². The van der Waals surface area contributed by atoms with Crippen LogP contribution >= 0.6 is 0 Å². The van der Waals surface area contributed by atoms with Crippen molar-refractivity contribution in [1.29, 1.82) is 0 Å². The number of benzene rings is 2. The van der Waals surface area contributed by atoms with Crippen LogP contribution in [0, 0.1) is 0 Å². The maximum Gasteiger partial charge on any atom is 0.163 e. The molecule has 0 atom stereocenters. The summed E-state index contributed by atoms with van der Waals surface area (Å²) in [6.07, 6.45) is 7.02. The fourth-order valence-corrected chi connectivity index (χ4v) is 3.51. The molecule has 0 unspecified atom stereocenters. The molecule has 0 saturated carbocycles. The van der Waals surface area contributed by atoms with E-state index in [-0.39, 0.29) is 0 Å². The Morgan fingerprint density at radius 2 is 1.70 bits per heavy atom. The van der Waals surface area contributed by atoms with Crippen LogP contribution in [0.5, 0.6) is 5.75 Å². The third-order valence-corrected chi connectivity index (χ3v) is 5.21. The van der Waals surface area contributed by atoms with Crippen LogP contribution in [0.2, 0.25) is 0 Å². The van der Waals surface area contributed by atoms with Crippen molar-refractivity contribution in [1.82, 2.24) is 19.9 Å². The molecule has 0 amide bonds. The van der Waals surface area contributed by atoms with Crippen molar-refractivity contribution in [3.05, 3.63) is 103 Å². The Balaban J connectivity index is 1.56. The second-order valence-electron chi connectivity index (χ2n) is 7.45. The Hall–Kier alpha value is -4.36. The zero-order valence-electron chi connectivity index (χ0n) is 17.8. The average molecular weight is 435 g/mol. The minimum atomic E-state index is 0.418. The van der Waals surface area contributed by atoms with Crippen molar-refractivity contribution in [3.8, 4) is 17.1 Å². The zero-order chi connectivity index (χ0) is 22.5. The van der Waals surface area contributed by atoms with Gasteiger partial charge >= 0.3 is 0 Å². The number of rotatable bonds is 7. The number of fused-ring (bicyclic) bond motifs is 1. The van der Waals surface area contributed by atoms with Gasteiger partial charge in [-0.3, -0.25) is 9.97 Å². The molecule has 0 aliphatic heterocycles.